The molecule has 3 rings (SSSR count). The van der Waals surface area contributed by atoms with Crippen LogP contribution in [0.2, 0.25) is 0 Å². The molecule has 1 aliphatic rings. The van der Waals surface area contributed by atoms with Gasteiger partial charge in [-0.2, -0.15) is 0 Å². The lowest BCUT2D eigenvalue weighted by Gasteiger charge is -2.13. The zero-order chi connectivity index (χ0) is 12.9. The van der Waals surface area contributed by atoms with E-state index < -0.39 is 0 Å². The predicted molar refractivity (Wildman–Crippen MR) is 78.0 cm³/mol. The maximum Gasteiger partial charge on any atom is 0.175 e. The molecule has 0 amide bonds. The summed E-state index contributed by atoms with van der Waals surface area (Å²) in [7, 11) is 0. The first kappa shape index (κ1) is 11.8. The minimum absolute atomic E-state index is 0.604. The largest absolute Gasteiger partial charge is 0.478 e. The van der Waals surface area contributed by atoms with Crippen LogP contribution in [0.25, 0.3) is 0 Å². The van der Waals surface area contributed by atoms with E-state index in [-0.39, 0.29) is 0 Å². The molecule has 96 valence electrons. The molecule has 0 spiro atoms. The van der Waals surface area contributed by atoms with Crippen molar-refractivity contribution in [3.05, 3.63) is 59.7 Å². The maximum absolute atomic E-state index is 5.21. The van der Waals surface area contributed by atoms with Crippen LogP contribution in [0.5, 0.6) is 0 Å². The molecule has 0 saturated carbocycles. The van der Waals surface area contributed by atoms with Gasteiger partial charge in [0.15, 0.2) is 6.40 Å². The molecule has 1 heterocycles. The summed E-state index contributed by atoms with van der Waals surface area (Å²) in [6, 6.07) is 16.7. The molecular weight excluding hydrogens is 236 g/mol. The van der Waals surface area contributed by atoms with E-state index in [9.17, 15) is 0 Å². The molecule has 0 atom stereocenters. The Balaban J connectivity index is 1.60. The van der Waals surface area contributed by atoms with Crippen LogP contribution >= 0.6 is 0 Å². The van der Waals surface area contributed by atoms with Crippen molar-refractivity contribution in [2.75, 3.05) is 11.9 Å². The van der Waals surface area contributed by atoms with Gasteiger partial charge in [0.05, 0.1) is 5.69 Å². The summed E-state index contributed by atoms with van der Waals surface area (Å²) in [5.74, 6) is 0. The first-order chi connectivity index (χ1) is 9.42. The van der Waals surface area contributed by atoms with Gasteiger partial charge >= 0.3 is 0 Å². The van der Waals surface area contributed by atoms with E-state index in [1.54, 1.807) is 0 Å². The highest BCUT2D eigenvalue weighted by Gasteiger charge is 2.06. The lowest BCUT2D eigenvalue weighted by atomic mass is 10.1. The van der Waals surface area contributed by atoms with Gasteiger partial charge in [-0.1, -0.05) is 30.3 Å². The highest BCUT2D eigenvalue weighted by Crippen LogP contribution is 2.25. The Hall–Kier alpha value is -2.29. The van der Waals surface area contributed by atoms with Crippen LogP contribution in [0.15, 0.2) is 53.5 Å². The normalized spacial score (nSPS) is 12.6. The summed E-state index contributed by atoms with van der Waals surface area (Å²) in [4.78, 5) is 4.19. The fraction of sp³-hybridized carbons (Fsp3) is 0.188. The monoisotopic (exact) mass is 252 g/mol. The SMILES string of the molecule is C1=Nc2ccc(NCCc3ccccc3)cc2CO1. The number of nitrogens with zero attached hydrogens (tertiary/aromatic N) is 1. The Bertz CT molecular complexity index is 579. The van der Waals surface area contributed by atoms with Crippen LogP contribution < -0.4 is 5.32 Å². The molecule has 0 fully saturated rings. The molecule has 2 aromatic carbocycles. The molecule has 0 aromatic heterocycles. The van der Waals surface area contributed by atoms with Gasteiger partial charge < -0.3 is 10.1 Å². The van der Waals surface area contributed by atoms with Crippen molar-refractivity contribution in [3.8, 4) is 0 Å². The predicted octanol–water partition coefficient (Wildman–Crippen LogP) is 3.53. The molecule has 0 radical (unpaired) electrons. The second-order valence-corrected chi connectivity index (χ2v) is 4.55. The highest BCUT2D eigenvalue weighted by molar-refractivity contribution is 5.65. The van der Waals surface area contributed by atoms with Crippen molar-refractivity contribution in [2.45, 2.75) is 13.0 Å². The van der Waals surface area contributed by atoms with Gasteiger partial charge in [0.25, 0.3) is 0 Å². The quantitative estimate of drug-likeness (QED) is 0.903. The topological polar surface area (TPSA) is 33.6 Å². The molecule has 19 heavy (non-hydrogen) atoms. The van der Waals surface area contributed by atoms with Crippen LogP contribution in [0.1, 0.15) is 11.1 Å². The number of rotatable bonds is 4. The standard InChI is InChI=1S/C16H16N2O/c1-2-4-13(5-3-1)8-9-17-15-6-7-16-14(10-15)11-19-12-18-16/h1-7,10,12,17H,8-9,11H2. The number of benzene rings is 2. The maximum atomic E-state index is 5.21. The Morgan fingerprint density at radius 1 is 1.11 bits per heavy atom. The van der Waals surface area contributed by atoms with Crippen LogP contribution in [0.4, 0.5) is 11.4 Å². The van der Waals surface area contributed by atoms with E-state index in [0.717, 1.165) is 29.9 Å². The van der Waals surface area contributed by atoms with Crippen molar-refractivity contribution >= 4 is 17.8 Å². The molecule has 0 unspecified atom stereocenters. The molecule has 2 aromatic rings. The first-order valence-corrected chi connectivity index (χ1v) is 6.47. The van der Waals surface area contributed by atoms with Gasteiger partial charge in [-0.3, -0.25) is 0 Å². The average Bonchev–Trinajstić information content (AvgIpc) is 2.48. The number of hydrogen-bond acceptors (Lipinski definition) is 3. The molecule has 3 heteroatoms. The van der Waals surface area contributed by atoms with Crippen molar-refractivity contribution in [3.63, 3.8) is 0 Å². The number of nitrogens with one attached hydrogen (secondary N) is 1. The summed E-state index contributed by atoms with van der Waals surface area (Å²) < 4.78 is 5.21. The Labute approximate surface area is 113 Å². The number of anilines is 1. The molecule has 0 bridgehead atoms. The minimum atomic E-state index is 0.604. The molecule has 1 aliphatic heterocycles. The highest BCUT2D eigenvalue weighted by atomic mass is 16.5. The fourth-order valence-electron chi connectivity index (χ4n) is 2.15. The van der Waals surface area contributed by atoms with Gasteiger partial charge in [0.1, 0.15) is 6.61 Å². The third-order valence-electron chi connectivity index (χ3n) is 3.17. The van der Waals surface area contributed by atoms with Crippen LogP contribution in [-0.4, -0.2) is 12.9 Å². The zero-order valence-corrected chi connectivity index (χ0v) is 10.7. The molecular formula is C16H16N2O. The second kappa shape index (κ2) is 5.57. The number of aliphatic imine (C=N–C) groups is 1. The van der Waals surface area contributed by atoms with Crippen LogP contribution in [-0.2, 0) is 17.8 Å². The number of ether oxygens (including phenoxy) is 1. The lowest BCUT2D eigenvalue weighted by molar-refractivity contribution is 0.303. The van der Waals surface area contributed by atoms with E-state index >= 15 is 0 Å². The molecule has 3 nitrogen and oxygen atoms in total. The van der Waals surface area contributed by atoms with E-state index in [1.165, 1.54) is 12.0 Å². The van der Waals surface area contributed by atoms with Gasteiger partial charge in [-0.15, -0.1) is 0 Å². The molecule has 0 saturated heterocycles. The van der Waals surface area contributed by atoms with Crippen molar-refractivity contribution in [1.82, 2.24) is 0 Å². The van der Waals surface area contributed by atoms with Gasteiger partial charge in [-0.25, -0.2) is 4.99 Å². The van der Waals surface area contributed by atoms with Crippen molar-refractivity contribution in [2.24, 2.45) is 4.99 Å². The van der Waals surface area contributed by atoms with E-state index in [0.29, 0.717) is 6.61 Å². The Morgan fingerprint density at radius 3 is 2.89 bits per heavy atom. The summed E-state index contributed by atoms with van der Waals surface area (Å²) >= 11 is 0. The minimum Gasteiger partial charge on any atom is -0.478 e. The number of fused-ring (bicyclic) bond motifs is 1. The third kappa shape index (κ3) is 2.94. The smallest absolute Gasteiger partial charge is 0.175 e. The summed E-state index contributed by atoms with van der Waals surface area (Å²) in [5.41, 5.74) is 4.60. The lowest BCUT2D eigenvalue weighted by Crippen LogP contribution is -2.06. The fourth-order valence-corrected chi connectivity index (χ4v) is 2.15. The summed E-state index contributed by atoms with van der Waals surface area (Å²) in [6.45, 7) is 1.53. The average molecular weight is 252 g/mol. The van der Waals surface area contributed by atoms with E-state index in [4.69, 9.17) is 4.74 Å². The van der Waals surface area contributed by atoms with Crippen LogP contribution in [0, 0.1) is 0 Å². The van der Waals surface area contributed by atoms with Gasteiger partial charge in [0.2, 0.25) is 0 Å². The third-order valence-corrected chi connectivity index (χ3v) is 3.17. The zero-order valence-electron chi connectivity index (χ0n) is 10.7. The number of hydrogen-bond donors (Lipinski definition) is 1. The van der Waals surface area contributed by atoms with Crippen molar-refractivity contribution < 1.29 is 4.74 Å². The van der Waals surface area contributed by atoms with Crippen molar-refractivity contribution in [1.29, 1.82) is 0 Å². The van der Waals surface area contributed by atoms with E-state index in [2.05, 4.69) is 46.7 Å². The summed E-state index contributed by atoms with van der Waals surface area (Å²) in [5, 5.41) is 3.44. The van der Waals surface area contributed by atoms with Gasteiger partial charge in [0, 0.05) is 17.8 Å². The molecule has 1 N–H and O–H groups in total. The summed E-state index contributed by atoms with van der Waals surface area (Å²) in [6.07, 6.45) is 2.53. The van der Waals surface area contributed by atoms with Crippen LogP contribution in [0.3, 0.4) is 0 Å². The molecule has 0 aliphatic carbocycles. The first-order valence-electron chi connectivity index (χ1n) is 6.47. The van der Waals surface area contributed by atoms with E-state index in [1.807, 2.05) is 12.1 Å². The van der Waals surface area contributed by atoms with Gasteiger partial charge in [-0.05, 0) is 30.2 Å². The second-order valence-electron chi connectivity index (χ2n) is 4.55. The Kier molecular flexibility index (Phi) is 3.45. The Morgan fingerprint density at radius 2 is 2.00 bits per heavy atom.